The van der Waals surface area contributed by atoms with Gasteiger partial charge in [0.15, 0.2) is 0 Å². The van der Waals surface area contributed by atoms with E-state index in [4.69, 9.17) is 0 Å². The first-order chi connectivity index (χ1) is 13.6. The van der Waals surface area contributed by atoms with Crippen LogP contribution >= 0.6 is 11.3 Å². The van der Waals surface area contributed by atoms with Crippen molar-refractivity contribution >= 4 is 27.5 Å². The molecule has 2 aliphatic carbocycles. The summed E-state index contributed by atoms with van der Waals surface area (Å²) in [5, 5.41) is 0.532. The van der Waals surface area contributed by atoms with E-state index in [0.717, 1.165) is 47.4 Å². The van der Waals surface area contributed by atoms with Gasteiger partial charge in [0.1, 0.15) is 17.9 Å². The van der Waals surface area contributed by atoms with E-state index >= 15 is 0 Å². The summed E-state index contributed by atoms with van der Waals surface area (Å²) in [6.45, 7) is 2.12. The maximum Gasteiger partial charge on any atom is 0.406 e. The molecule has 29 heavy (non-hydrogen) atoms. The van der Waals surface area contributed by atoms with Gasteiger partial charge in [-0.3, -0.25) is 14.2 Å². The van der Waals surface area contributed by atoms with E-state index < -0.39 is 31.2 Å². The molecule has 0 aliphatic heterocycles. The molecule has 0 spiro atoms. The highest BCUT2D eigenvalue weighted by Gasteiger charge is 2.40. The molecule has 9 heteroatoms. The second kappa shape index (κ2) is 7.41. The van der Waals surface area contributed by atoms with Crippen LogP contribution in [0.4, 0.5) is 13.2 Å². The fourth-order valence-corrected chi connectivity index (χ4v) is 5.54. The standard InChI is InChI=1S/C20H24F3N3O2S/c1-11-3-6-14-15(7-11)29-18-17(14)19(28)25(10-24-18)8-16(27)26(9-20(21,22)23)12(2)13-4-5-13/h10-13H,3-9H2,1-2H3. The zero-order valence-corrected chi connectivity index (χ0v) is 17.3. The van der Waals surface area contributed by atoms with E-state index in [9.17, 15) is 22.8 Å². The molecule has 2 heterocycles. The number of carbonyl (C=O) groups is 1. The number of aromatic nitrogens is 2. The number of thiophene rings is 1. The minimum Gasteiger partial charge on any atom is -0.329 e. The van der Waals surface area contributed by atoms with E-state index in [1.54, 1.807) is 6.92 Å². The zero-order valence-electron chi connectivity index (χ0n) is 16.5. The minimum atomic E-state index is -4.48. The molecule has 0 bridgehead atoms. The van der Waals surface area contributed by atoms with Crippen molar-refractivity contribution in [2.75, 3.05) is 6.54 Å². The van der Waals surface area contributed by atoms with Gasteiger partial charge in [-0.1, -0.05) is 6.92 Å². The lowest BCUT2D eigenvalue weighted by Crippen LogP contribution is -2.47. The van der Waals surface area contributed by atoms with Crippen molar-refractivity contribution in [3.63, 3.8) is 0 Å². The molecule has 0 saturated heterocycles. The summed E-state index contributed by atoms with van der Waals surface area (Å²) in [4.78, 5) is 32.8. The second-order valence-corrected chi connectivity index (χ2v) is 9.51. The number of halogens is 3. The smallest absolute Gasteiger partial charge is 0.329 e. The molecule has 0 N–H and O–H groups in total. The monoisotopic (exact) mass is 427 g/mol. The van der Waals surface area contributed by atoms with Crippen LogP contribution in [0.15, 0.2) is 11.1 Å². The molecule has 2 unspecified atom stereocenters. The van der Waals surface area contributed by atoms with E-state index in [0.29, 0.717) is 16.1 Å². The van der Waals surface area contributed by atoms with Crippen LogP contribution < -0.4 is 5.56 Å². The van der Waals surface area contributed by atoms with Crippen molar-refractivity contribution in [3.8, 4) is 0 Å². The highest BCUT2D eigenvalue weighted by atomic mass is 32.1. The third kappa shape index (κ3) is 4.20. The van der Waals surface area contributed by atoms with Crippen LogP contribution in [0, 0.1) is 11.8 Å². The average Bonchev–Trinajstić information content (AvgIpc) is 3.41. The van der Waals surface area contributed by atoms with Gasteiger partial charge in [0, 0.05) is 10.9 Å². The lowest BCUT2D eigenvalue weighted by molar-refractivity contribution is -0.166. The molecule has 1 fully saturated rings. The van der Waals surface area contributed by atoms with Gasteiger partial charge < -0.3 is 4.90 Å². The van der Waals surface area contributed by atoms with Crippen molar-refractivity contribution in [1.82, 2.24) is 14.5 Å². The SMILES string of the molecule is CC1CCc2c(sc3ncn(CC(=O)N(CC(F)(F)F)C(C)C4CC4)c(=O)c23)C1. The number of hydrogen-bond donors (Lipinski definition) is 0. The highest BCUT2D eigenvalue weighted by Crippen LogP contribution is 2.37. The fraction of sp³-hybridized carbons (Fsp3) is 0.650. The molecule has 1 amide bonds. The molecule has 2 aliphatic rings. The minimum absolute atomic E-state index is 0.101. The quantitative estimate of drug-likeness (QED) is 0.730. The first-order valence-corrected chi connectivity index (χ1v) is 10.8. The normalized spacial score (nSPS) is 20.5. The molecule has 2 aromatic heterocycles. The summed E-state index contributed by atoms with van der Waals surface area (Å²) in [7, 11) is 0. The van der Waals surface area contributed by atoms with Crippen molar-refractivity contribution in [1.29, 1.82) is 0 Å². The van der Waals surface area contributed by atoms with Gasteiger partial charge in [0.25, 0.3) is 5.56 Å². The summed E-state index contributed by atoms with van der Waals surface area (Å²) in [5.41, 5.74) is 0.669. The summed E-state index contributed by atoms with van der Waals surface area (Å²) in [5.74, 6) is -0.0357. The number of rotatable bonds is 5. The summed E-state index contributed by atoms with van der Waals surface area (Å²) in [6, 6.07) is -0.494. The molecule has 0 radical (unpaired) electrons. The van der Waals surface area contributed by atoms with Crippen LogP contribution in [0.3, 0.4) is 0 Å². The number of hydrogen-bond acceptors (Lipinski definition) is 4. The number of alkyl halides is 3. The Morgan fingerprint density at radius 1 is 1.38 bits per heavy atom. The molecule has 4 rings (SSSR count). The zero-order chi connectivity index (χ0) is 20.9. The average molecular weight is 427 g/mol. The summed E-state index contributed by atoms with van der Waals surface area (Å²) in [6.07, 6.45) is 1.17. The van der Waals surface area contributed by atoms with E-state index in [1.807, 2.05) is 0 Å². The first kappa shape index (κ1) is 20.4. The van der Waals surface area contributed by atoms with Crippen molar-refractivity contribution < 1.29 is 18.0 Å². The Kier molecular flexibility index (Phi) is 5.21. The van der Waals surface area contributed by atoms with Gasteiger partial charge >= 0.3 is 6.18 Å². The van der Waals surface area contributed by atoms with Crippen LogP contribution in [0.2, 0.25) is 0 Å². The first-order valence-electron chi connectivity index (χ1n) is 10.00. The lowest BCUT2D eigenvalue weighted by atomic mass is 9.89. The Labute approximate surface area is 170 Å². The van der Waals surface area contributed by atoms with Gasteiger partial charge in [-0.2, -0.15) is 13.2 Å². The van der Waals surface area contributed by atoms with E-state index in [2.05, 4.69) is 11.9 Å². The molecule has 1 saturated carbocycles. The Morgan fingerprint density at radius 2 is 2.10 bits per heavy atom. The third-order valence-electron chi connectivity index (χ3n) is 6.05. The number of aryl methyl sites for hydroxylation is 1. The van der Waals surface area contributed by atoms with Crippen molar-refractivity contribution in [2.24, 2.45) is 11.8 Å². The fourth-order valence-electron chi connectivity index (χ4n) is 4.20. The Bertz CT molecular complexity index is 993. The maximum atomic E-state index is 13.0. The molecule has 0 aromatic carbocycles. The second-order valence-electron chi connectivity index (χ2n) is 8.42. The van der Waals surface area contributed by atoms with Gasteiger partial charge in [-0.15, -0.1) is 11.3 Å². The van der Waals surface area contributed by atoms with E-state index in [-0.39, 0.29) is 11.5 Å². The van der Waals surface area contributed by atoms with Crippen LogP contribution in [0.1, 0.15) is 43.6 Å². The van der Waals surface area contributed by atoms with Crippen molar-refractivity contribution in [2.45, 2.75) is 64.7 Å². The Hall–Kier alpha value is -1.90. The largest absolute Gasteiger partial charge is 0.406 e. The van der Waals surface area contributed by atoms with Gasteiger partial charge in [-0.05, 0) is 56.4 Å². The van der Waals surface area contributed by atoms with Gasteiger partial charge in [0.05, 0.1) is 11.7 Å². The third-order valence-corrected chi connectivity index (χ3v) is 7.22. The van der Waals surface area contributed by atoms with Crippen LogP contribution in [-0.2, 0) is 24.2 Å². The topological polar surface area (TPSA) is 55.2 Å². The number of amides is 1. The number of nitrogens with zero attached hydrogens (tertiary/aromatic N) is 3. The predicted molar refractivity (Wildman–Crippen MR) is 105 cm³/mol. The van der Waals surface area contributed by atoms with Gasteiger partial charge in [-0.25, -0.2) is 4.98 Å². The number of carbonyl (C=O) groups excluding carboxylic acids is 1. The predicted octanol–water partition coefficient (Wildman–Crippen LogP) is 3.77. The van der Waals surface area contributed by atoms with E-state index in [1.165, 1.54) is 22.2 Å². The maximum absolute atomic E-state index is 13.0. The number of fused-ring (bicyclic) bond motifs is 3. The molecule has 2 atom stereocenters. The molecule has 5 nitrogen and oxygen atoms in total. The molecular formula is C20H24F3N3O2S. The summed E-state index contributed by atoms with van der Waals surface area (Å²) >= 11 is 1.51. The molecule has 158 valence electrons. The van der Waals surface area contributed by atoms with Crippen molar-refractivity contribution in [3.05, 3.63) is 27.1 Å². The molecule has 2 aromatic rings. The lowest BCUT2D eigenvalue weighted by Gasteiger charge is -2.30. The van der Waals surface area contributed by atoms with Crippen LogP contribution in [0.25, 0.3) is 10.2 Å². The van der Waals surface area contributed by atoms with Crippen LogP contribution in [-0.4, -0.2) is 39.1 Å². The van der Waals surface area contributed by atoms with Gasteiger partial charge in [0.2, 0.25) is 5.91 Å². The summed E-state index contributed by atoms with van der Waals surface area (Å²) < 4.78 is 40.3. The Balaban J connectivity index is 1.63. The highest BCUT2D eigenvalue weighted by molar-refractivity contribution is 7.18. The molecular weight excluding hydrogens is 403 g/mol. The van der Waals surface area contributed by atoms with Crippen LogP contribution in [0.5, 0.6) is 0 Å². The Morgan fingerprint density at radius 3 is 2.76 bits per heavy atom.